The van der Waals surface area contributed by atoms with Crippen LogP contribution in [0.2, 0.25) is 0 Å². The highest BCUT2D eigenvalue weighted by Gasteiger charge is 2.29. The van der Waals surface area contributed by atoms with Crippen LogP contribution in [0.15, 0.2) is 52.2 Å². The van der Waals surface area contributed by atoms with Gasteiger partial charge in [0.05, 0.1) is 28.2 Å². The second-order valence-electron chi connectivity index (χ2n) is 7.41. The van der Waals surface area contributed by atoms with E-state index in [0.717, 1.165) is 60.8 Å². The Morgan fingerprint density at radius 1 is 1.28 bits per heavy atom. The van der Waals surface area contributed by atoms with Crippen molar-refractivity contribution in [1.29, 1.82) is 0 Å². The van der Waals surface area contributed by atoms with Crippen LogP contribution in [-0.4, -0.2) is 46.0 Å². The molecule has 0 aliphatic carbocycles. The van der Waals surface area contributed by atoms with Crippen LogP contribution >= 0.6 is 11.3 Å². The standard InChI is InChI=1S/C21H23N7S/c1-23-19(20-15-6-9-24-21(15)25-13-28(20)22)14-7-10-27(11-8-14)12-18-26-16-4-2-3-5-17(16)29-18/h2-6,9,13-14,24H,1,7-8,10-12,22H2/b20-19-. The molecule has 1 fully saturated rings. The number of rotatable bonds is 4. The van der Waals surface area contributed by atoms with Crippen LogP contribution in [0.5, 0.6) is 0 Å². The van der Waals surface area contributed by atoms with Crippen molar-refractivity contribution in [3.05, 3.63) is 52.8 Å². The first kappa shape index (κ1) is 18.2. The number of hydrogen-bond donors (Lipinski definition) is 2. The molecule has 148 valence electrons. The van der Waals surface area contributed by atoms with Crippen LogP contribution < -0.4 is 5.84 Å². The summed E-state index contributed by atoms with van der Waals surface area (Å²) in [6.07, 6.45) is 5.55. The predicted octanol–water partition coefficient (Wildman–Crippen LogP) is 3.75. The molecule has 0 saturated carbocycles. The van der Waals surface area contributed by atoms with Gasteiger partial charge in [0.2, 0.25) is 0 Å². The summed E-state index contributed by atoms with van der Waals surface area (Å²) in [5.74, 6) is 7.35. The maximum absolute atomic E-state index is 6.21. The third-order valence-electron chi connectivity index (χ3n) is 5.63. The van der Waals surface area contributed by atoms with E-state index < -0.39 is 0 Å². The van der Waals surface area contributed by atoms with Crippen LogP contribution in [0.1, 0.15) is 23.4 Å². The lowest BCUT2D eigenvalue weighted by molar-refractivity contribution is 0.190. The van der Waals surface area contributed by atoms with Gasteiger partial charge in [0.25, 0.3) is 0 Å². The van der Waals surface area contributed by atoms with E-state index in [-0.39, 0.29) is 0 Å². The summed E-state index contributed by atoms with van der Waals surface area (Å²) in [7, 11) is 0. The average Bonchev–Trinajstić information content (AvgIpc) is 3.37. The van der Waals surface area contributed by atoms with Crippen molar-refractivity contribution >= 4 is 46.1 Å². The number of benzene rings is 1. The van der Waals surface area contributed by atoms with Crippen LogP contribution in [0, 0.1) is 5.92 Å². The van der Waals surface area contributed by atoms with E-state index >= 15 is 0 Å². The van der Waals surface area contributed by atoms with Crippen LogP contribution in [-0.2, 0) is 6.54 Å². The number of para-hydroxylation sites is 1. The van der Waals surface area contributed by atoms with Gasteiger partial charge in [-0.3, -0.25) is 14.9 Å². The van der Waals surface area contributed by atoms with Crippen molar-refractivity contribution < 1.29 is 0 Å². The van der Waals surface area contributed by atoms with Crippen molar-refractivity contribution in [1.82, 2.24) is 19.9 Å². The van der Waals surface area contributed by atoms with Gasteiger partial charge in [-0.1, -0.05) is 12.1 Å². The van der Waals surface area contributed by atoms with Crippen LogP contribution in [0.25, 0.3) is 15.9 Å². The number of allylic oxidation sites excluding steroid dienone is 1. The molecule has 0 bridgehead atoms. The minimum absolute atomic E-state index is 0.328. The van der Waals surface area contributed by atoms with E-state index in [1.165, 1.54) is 9.71 Å². The number of fused-ring (bicyclic) bond motifs is 2. The van der Waals surface area contributed by atoms with E-state index in [4.69, 9.17) is 10.8 Å². The van der Waals surface area contributed by atoms with Gasteiger partial charge in [-0.05, 0) is 50.8 Å². The first-order valence-electron chi connectivity index (χ1n) is 9.76. The number of likely N-dealkylation sites (tertiary alicyclic amines) is 1. The molecular formula is C21H23N7S. The zero-order chi connectivity index (χ0) is 19.8. The first-order valence-corrected chi connectivity index (χ1v) is 10.6. The molecule has 2 aliphatic rings. The molecule has 4 heterocycles. The summed E-state index contributed by atoms with van der Waals surface area (Å²) in [4.78, 5) is 19.1. The summed E-state index contributed by atoms with van der Waals surface area (Å²) in [5, 5.41) is 2.74. The first-order chi connectivity index (χ1) is 14.2. The molecule has 0 unspecified atom stereocenters. The van der Waals surface area contributed by atoms with Gasteiger partial charge in [-0.25, -0.2) is 15.8 Å². The molecule has 1 aromatic carbocycles. The summed E-state index contributed by atoms with van der Waals surface area (Å²) in [5.41, 5.74) is 3.93. The second kappa shape index (κ2) is 7.55. The van der Waals surface area contributed by atoms with Gasteiger partial charge in [-0.2, -0.15) is 0 Å². The van der Waals surface area contributed by atoms with E-state index in [0.29, 0.717) is 5.92 Å². The molecule has 29 heavy (non-hydrogen) atoms. The quantitative estimate of drug-likeness (QED) is 0.511. The average molecular weight is 406 g/mol. The molecule has 0 amide bonds. The normalized spacial score (nSPS) is 19.6. The van der Waals surface area contributed by atoms with Crippen molar-refractivity contribution in [3.63, 3.8) is 0 Å². The number of aromatic nitrogens is 2. The number of thiazole rings is 1. The molecule has 0 spiro atoms. The lowest BCUT2D eigenvalue weighted by atomic mass is 9.91. The van der Waals surface area contributed by atoms with E-state index in [9.17, 15) is 0 Å². The number of hydrazine groups is 1. The van der Waals surface area contributed by atoms with Crippen molar-refractivity contribution in [2.75, 3.05) is 13.1 Å². The summed E-state index contributed by atoms with van der Waals surface area (Å²) in [6.45, 7) is 6.76. The third kappa shape index (κ3) is 3.39. The number of hydrogen-bond acceptors (Lipinski definition) is 7. The van der Waals surface area contributed by atoms with E-state index in [1.54, 1.807) is 22.7 Å². The molecular weight excluding hydrogens is 382 g/mol. The number of aliphatic imine (C=N–C) groups is 2. The largest absolute Gasteiger partial charge is 0.346 e. The highest BCUT2D eigenvalue weighted by Crippen LogP contribution is 2.37. The van der Waals surface area contributed by atoms with Gasteiger partial charge >= 0.3 is 0 Å². The fraction of sp³-hybridized carbons (Fsp3) is 0.286. The van der Waals surface area contributed by atoms with E-state index in [2.05, 4.69) is 44.8 Å². The molecule has 0 radical (unpaired) electrons. The molecule has 7 nitrogen and oxygen atoms in total. The maximum Gasteiger partial charge on any atom is 0.141 e. The Hall–Kier alpha value is -2.81. The fourth-order valence-corrected chi connectivity index (χ4v) is 5.20. The maximum atomic E-state index is 6.21. The lowest BCUT2D eigenvalue weighted by Crippen LogP contribution is -2.36. The fourth-order valence-electron chi connectivity index (χ4n) is 4.19. The Labute approximate surface area is 173 Å². The Kier molecular flexibility index (Phi) is 4.75. The number of nitrogens with one attached hydrogen (secondary N) is 1. The molecule has 3 N–H and O–H groups in total. The topological polar surface area (TPSA) is 85.9 Å². The molecule has 2 aromatic heterocycles. The minimum atomic E-state index is 0.328. The number of nitrogens with zero attached hydrogens (tertiary/aromatic N) is 5. The number of piperidine rings is 1. The summed E-state index contributed by atoms with van der Waals surface area (Å²) < 4.78 is 1.25. The SMILES string of the molecule is C=N/C(=C1/c2cc[nH]c2N=CN1N)C1CCN(Cc2nc3ccccc3s2)CC1. The third-order valence-corrected chi connectivity index (χ3v) is 6.66. The highest BCUT2D eigenvalue weighted by atomic mass is 32.1. The molecule has 1 saturated heterocycles. The summed E-state index contributed by atoms with van der Waals surface area (Å²) in [6, 6.07) is 10.3. The zero-order valence-corrected chi connectivity index (χ0v) is 16.9. The minimum Gasteiger partial charge on any atom is -0.346 e. The molecule has 5 rings (SSSR count). The van der Waals surface area contributed by atoms with Gasteiger partial charge in [0, 0.05) is 17.7 Å². The Morgan fingerprint density at radius 2 is 2.10 bits per heavy atom. The zero-order valence-electron chi connectivity index (χ0n) is 16.1. The molecule has 0 atom stereocenters. The van der Waals surface area contributed by atoms with Gasteiger partial charge < -0.3 is 4.98 Å². The predicted molar refractivity (Wildman–Crippen MR) is 119 cm³/mol. The van der Waals surface area contributed by atoms with Crippen molar-refractivity contribution in [2.45, 2.75) is 19.4 Å². The lowest BCUT2D eigenvalue weighted by Gasteiger charge is -2.33. The smallest absolute Gasteiger partial charge is 0.141 e. The van der Waals surface area contributed by atoms with Crippen LogP contribution in [0.3, 0.4) is 0 Å². The number of aromatic amines is 1. The van der Waals surface area contributed by atoms with Crippen molar-refractivity contribution in [3.8, 4) is 0 Å². The van der Waals surface area contributed by atoms with E-state index in [1.807, 2.05) is 18.3 Å². The Bertz CT molecular complexity index is 1070. The van der Waals surface area contributed by atoms with Gasteiger partial charge in [0.1, 0.15) is 17.2 Å². The molecule has 8 heteroatoms. The highest BCUT2D eigenvalue weighted by molar-refractivity contribution is 7.18. The Balaban J connectivity index is 1.32. The van der Waals surface area contributed by atoms with Crippen molar-refractivity contribution in [2.24, 2.45) is 21.7 Å². The molecule has 2 aliphatic heterocycles. The number of nitrogens with two attached hydrogens (primary N) is 1. The van der Waals surface area contributed by atoms with Gasteiger partial charge in [-0.15, -0.1) is 11.3 Å². The number of H-pyrrole nitrogens is 1. The second-order valence-corrected chi connectivity index (χ2v) is 8.52. The van der Waals surface area contributed by atoms with Gasteiger partial charge in [0.15, 0.2) is 0 Å². The van der Waals surface area contributed by atoms with Crippen LogP contribution in [0.4, 0.5) is 5.82 Å². The summed E-state index contributed by atoms with van der Waals surface area (Å²) >= 11 is 1.79. The molecule has 3 aromatic rings. The monoisotopic (exact) mass is 405 g/mol. The Morgan fingerprint density at radius 3 is 2.90 bits per heavy atom.